The van der Waals surface area contributed by atoms with Gasteiger partial charge in [0.1, 0.15) is 18.8 Å². The van der Waals surface area contributed by atoms with Gasteiger partial charge in [-0.1, -0.05) is 18.2 Å². The molecule has 1 aliphatic heterocycles. The first-order chi connectivity index (χ1) is 13.7. The van der Waals surface area contributed by atoms with Crippen molar-refractivity contribution in [1.82, 2.24) is 0 Å². The van der Waals surface area contributed by atoms with Crippen molar-refractivity contribution in [3.8, 4) is 0 Å². The van der Waals surface area contributed by atoms with Crippen molar-refractivity contribution in [2.24, 2.45) is 5.92 Å². The lowest BCUT2D eigenvalue weighted by atomic mass is 9.85. The Hall–Kier alpha value is -2.67. The molecule has 29 heavy (non-hydrogen) atoms. The average Bonchev–Trinajstić information content (AvgIpc) is 2.92. The number of carbonyl (C=O) groups excluding carboxylic acids is 3. The normalized spacial score (nSPS) is 27.2. The van der Waals surface area contributed by atoms with Gasteiger partial charge in [0.05, 0.1) is 12.5 Å². The first-order valence-electron chi connectivity index (χ1n) is 9.59. The van der Waals surface area contributed by atoms with Crippen molar-refractivity contribution in [1.29, 1.82) is 0 Å². The number of hydrogen-bond donors (Lipinski definition) is 1. The number of ether oxygens (including phenoxy) is 3. The molecule has 0 aromatic carbocycles. The van der Waals surface area contributed by atoms with Crippen molar-refractivity contribution < 1.29 is 33.7 Å². The van der Waals surface area contributed by atoms with E-state index in [9.17, 15) is 14.4 Å². The van der Waals surface area contributed by atoms with Gasteiger partial charge in [0.25, 0.3) is 0 Å². The van der Waals surface area contributed by atoms with E-state index in [2.05, 4.69) is 6.58 Å². The number of hydrogen-bond acceptors (Lipinski definition) is 7. The number of rotatable bonds is 5. The minimum absolute atomic E-state index is 0.0796. The maximum absolute atomic E-state index is 12.5. The standard InChI is InChI=1S/C22H28O7/c1-13-6-5-7-17(12-27-16(4)24)11-19(28-21(25)14(2)8-9-23)20-15(3)22(26)29-18(20)10-13/h7-8,10,18-20,23H,3,5-6,9,11-12H2,1-2,4H3/b13-10+,14-8+,17-7?/t18-,19-,20+/m1/s1. The van der Waals surface area contributed by atoms with E-state index in [1.54, 1.807) is 6.92 Å². The molecule has 0 radical (unpaired) electrons. The van der Waals surface area contributed by atoms with E-state index in [0.29, 0.717) is 0 Å². The molecule has 0 saturated carbocycles. The number of esters is 3. The van der Waals surface area contributed by atoms with Crippen molar-refractivity contribution in [2.75, 3.05) is 13.2 Å². The smallest absolute Gasteiger partial charge is 0.334 e. The highest BCUT2D eigenvalue weighted by Gasteiger charge is 2.44. The fourth-order valence-corrected chi connectivity index (χ4v) is 3.39. The molecular formula is C22H28O7. The van der Waals surface area contributed by atoms with Crippen molar-refractivity contribution in [3.05, 3.63) is 47.1 Å². The summed E-state index contributed by atoms with van der Waals surface area (Å²) in [7, 11) is 0. The zero-order valence-corrected chi connectivity index (χ0v) is 17.1. The first kappa shape index (κ1) is 22.6. The van der Waals surface area contributed by atoms with Crippen molar-refractivity contribution in [2.45, 2.75) is 52.2 Å². The van der Waals surface area contributed by atoms with Gasteiger partial charge >= 0.3 is 17.9 Å². The Balaban J connectivity index is 2.39. The molecule has 0 bridgehead atoms. The third-order valence-electron chi connectivity index (χ3n) is 4.98. The van der Waals surface area contributed by atoms with E-state index >= 15 is 0 Å². The Labute approximate surface area is 170 Å². The Bertz CT molecular complexity index is 772. The van der Waals surface area contributed by atoms with Crippen LogP contribution in [0.3, 0.4) is 0 Å². The second-order valence-electron chi connectivity index (χ2n) is 7.33. The molecule has 0 aromatic heterocycles. The third kappa shape index (κ3) is 6.15. The van der Waals surface area contributed by atoms with Crippen LogP contribution < -0.4 is 0 Å². The maximum Gasteiger partial charge on any atom is 0.334 e. The molecule has 1 aliphatic carbocycles. The molecule has 1 saturated heterocycles. The Kier molecular flexibility index (Phi) is 7.96. The van der Waals surface area contributed by atoms with Gasteiger partial charge in [-0.2, -0.15) is 0 Å². The summed E-state index contributed by atoms with van der Waals surface area (Å²) in [6.07, 6.45) is 5.64. The van der Waals surface area contributed by atoms with E-state index in [0.717, 1.165) is 24.0 Å². The van der Waals surface area contributed by atoms with Gasteiger partial charge in [-0.25, -0.2) is 9.59 Å². The van der Waals surface area contributed by atoms with Crippen LogP contribution in [0.2, 0.25) is 0 Å². The fraction of sp³-hybridized carbons (Fsp3) is 0.500. The summed E-state index contributed by atoms with van der Waals surface area (Å²) in [4.78, 5) is 35.9. The minimum Gasteiger partial charge on any atom is -0.461 e. The lowest BCUT2D eigenvalue weighted by Gasteiger charge is -2.28. The highest BCUT2D eigenvalue weighted by atomic mass is 16.6. The molecule has 0 spiro atoms. The molecule has 1 N–H and O–H groups in total. The van der Waals surface area contributed by atoms with Gasteiger partial charge < -0.3 is 19.3 Å². The fourth-order valence-electron chi connectivity index (χ4n) is 3.39. The molecule has 7 heteroatoms. The second kappa shape index (κ2) is 10.2. The Morgan fingerprint density at radius 1 is 1.38 bits per heavy atom. The molecule has 7 nitrogen and oxygen atoms in total. The lowest BCUT2D eigenvalue weighted by Crippen LogP contribution is -2.34. The second-order valence-corrected chi connectivity index (χ2v) is 7.33. The van der Waals surface area contributed by atoms with Gasteiger partial charge in [0.15, 0.2) is 0 Å². The van der Waals surface area contributed by atoms with Crippen molar-refractivity contribution >= 4 is 17.9 Å². The van der Waals surface area contributed by atoms with Gasteiger partial charge in [0.2, 0.25) is 0 Å². The number of aliphatic hydroxyl groups is 1. The summed E-state index contributed by atoms with van der Waals surface area (Å²) in [5.74, 6) is -2.07. The van der Waals surface area contributed by atoms with Crippen molar-refractivity contribution in [3.63, 3.8) is 0 Å². The highest BCUT2D eigenvalue weighted by Crippen LogP contribution is 2.36. The van der Waals surface area contributed by atoms with Crippen LogP contribution in [0.15, 0.2) is 47.1 Å². The largest absolute Gasteiger partial charge is 0.461 e. The molecule has 0 unspecified atom stereocenters. The zero-order chi connectivity index (χ0) is 21.6. The van der Waals surface area contributed by atoms with Crippen LogP contribution in [0, 0.1) is 5.92 Å². The summed E-state index contributed by atoms with van der Waals surface area (Å²) >= 11 is 0. The SMILES string of the molecule is C=C1C(=O)O[C@@H]2/C=C(\C)CCC=C(COC(C)=O)C[C@@H](OC(=O)/C(C)=C/CO)[C@@H]12. The summed E-state index contributed by atoms with van der Waals surface area (Å²) < 4.78 is 16.3. The monoisotopic (exact) mass is 404 g/mol. The molecule has 2 rings (SSSR count). The van der Waals surface area contributed by atoms with Crippen LogP contribution in [0.5, 0.6) is 0 Å². The van der Waals surface area contributed by atoms with E-state index in [-0.39, 0.29) is 30.8 Å². The van der Waals surface area contributed by atoms with Gasteiger partial charge in [-0.05, 0) is 44.4 Å². The molecule has 1 heterocycles. The van der Waals surface area contributed by atoms with Crippen LogP contribution >= 0.6 is 0 Å². The van der Waals surface area contributed by atoms with E-state index < -0.39 is 36.0 Å². The van der Waals surface area contributed by atoms with Crippen LogP contribution in [0.4, 0.5) is 0 Å². The van der Waals surface area contributed by atoms with Gasteiger partial charge in [-0.3, -0.25) is 4.79 Å². The molecular weight excluding hydrogens is 376 g/mol. The summed E-state index contributed by atoms with van der Waals surface area (Å²) in [6, 6.07) is 0. The number of carbonyl (C=O) groups is 3. The molecule has 158 valence electrons. The predicted molar refractivity (Wildman–Crippen MR) is 106 cm³/mol. The number of fused-ring (bicyclic) bond motifs is 1. The van der Waals surface area contributed by atoms with Crippen LogP contribution in [0.25, 0.3) is 0 Å². The number of allylic oxidation sites excluding steroid dienone is 2. The molecule has 1 fully saturated rings. The minimum atomic E-state index is -0.738. The maximum atomic E-state index is 12.5. The van der Waals surface area contributed by atoms with Crippen LogP contribution in [-0.4, -0.2) is 48.4 Å². The van der Waals surface area contributed by atoms with E-state index in [4.69, 9.17) is 19.3 Å². The zero-order valence-electron chi connectivity index (χ0n) is 17.1. The average molecular weight is 404 g/mol. The molecule has 0 aromatic rings. The Morgan fingerprint density at radius 2 is 2.10 bits per heavy atom. The number of aliphatic hydroxyl groups excluding tert-OH is 1. The first-order valence-corrected chi connectivity index (χ1v) is 9.59. The van der Waals surface area contributed by atoms with E-state index in [1.165, 1.54) is 13.0 Å². The summed E-state index contributed by atoms with van der Waals surface area (Å²) in [5.41, 5.74) is 2.33. The van der Waals surface area contributed by atoms with Crippen LogP contribution in [0.1, 0.15) is 40.0 Å². The third-order valence-corrected chi connectivity index (χ3v) is 4.98. The van der Waals surface area contributed by atoms with Gasteiger partial charge in [0, 0.05) is 24.5 Å². The predicted octanol–water partition coefficient (Wildman–Crippen LogP) is 2.55. The molecule has 2 aliphatic rings. The summed E-state index contributed by atoms with van der Waals surface area (Å²) in [5, 5.41) is 9.03. The topological polar surface area (TPSA) is 99.1 Å². The Morgan fingerprint density at radius 3 is 2.76 bits per heavy atom. The lowest BCUT2D eigenvalue weighted by molar-refractivity contribution is -0.148. The summed E-state index contributed by atoms with van der Waals surface area (Å²) in [6.45, 7) is 8.47. The van der Waals surface area contributed by atoms with Gasteiger partial charge in [-0.15, -0.1) is 0 Å². The van der Waals surface area contributed by atoms with Crippen LogP contribution in [-0.2, 0) is 28.6 Å². The quantitative estimate of drug-likeness (QED) is 0.325. The highest BCUT2D eigenvalue weighted by molar-refractivity contribution is 5.92. The molecule has 3 atom stereocenters. The molecule has 0 amide bonds. The van der Waals surface area contributed by atoms with E-state index in [1.807, 2.05) is 19.1 Å².